The van der Waals surface area contributed by atoms with Crippen LogP contribution in [0.25, 0.3) is 0 Å². The Balaban J connectivity index is 1.99. The Hall–Kier alpha value is -2.76. The first-order valence-corrected chi connectivity index (χ1v) is 9.68. The molecule has 1 aliphatic heterocycles. The molecule has 0 unspecified atom stereocenters. The third-order valence-corrected chi connectivity index (χ3v) is 5.59. The van der Waals surface area contributed by atoms with E-state index in [1.807, 2.05) is 19.1 Å². The van der Waals surface area contributed by atoms with Gasteiger partial charge in [-0.25, -0.2) is 9.59 Å². The molecule has 0 aromatic heterocycles. The molecule has 3 rings (SSSR count). The van der Waals surface area contributed by atoms with Gasteiger partial charge >= 0.3 is 11.9 Å². The number of allylic oxidation sites excluding steroid dienone is 3. The summed E-state index contributed by atoms with van der Waals surface area (Å²) in [5.41, 5.74) is 5.35. The second-order valence-electron chi connectivity index (χ2n) is 7.17. The van der Waals surface area contributed by atoms with Gasteiger partial charge in [-0.15, -0.1) is 0 Å². The Bertz CT molecular complexity index is 866. The number of aliphatic carboxylic acids is 1. The van der Waals surface area contributed by atoms with Gasteiger partial charge in [0.1, 0.15) is 12.4 Å². The molecule has 150 valence electrons. The molecular weight excluding hydrogens is 358 g/mol. The summed E-state index contributed by atoms with van der Waals surface area (Å²) in [4.78, 5) is 23.8. The van der Waals surface area contributed by atoms with Crippen LogP contribution in [-0.4, -0.2) is 31.2 Å². The average molecular weight is 385 g/mol. The van der Waals surface area contributed by atoms with Crippen molar-refractivity contribution < 1.29 is 24.2 Å². The predicted molar refractivity (Wildman–Crippen MR) is 107 cm³/mol. The van der Waals surface area contributed by atoms with E-state index in [1.54, 1.807) is 14.2 Å². The molecular formula is C22H27NO5. The third kappa shape index (κ3) is 3.63. The minimum atomic E-state index is -0.828. The Morgan fingerprint density at radius 3 is 2.71 bits per heavy atom. The molecule has 0 saturated heterocycles. The summed E-state index contributed by atoms with van der Waals surface area (Å²) < 4.78 is 10.9. The number of methoxy groups -OCH3 is 1. The normalized spacial score (nSPS) is 16.8. The average Bonchev–Trinajstić information content (AvgIpc) is 2.90. The topological polar surface area (TPSA) is 84.9 Å². The van der Waals surface area contributed by atoms with Crippen molar-refractivity contribution in [1.82, 2.24) is 0 Å². The molecule has 6 heteroatoms. The van der Waals surface area contributed by atoms with Crippen molar-refractivity contribution in [2.45, 2.75) is 52.1 Å². The van der Waals surface area contributed by atoms with Gasteiger partial charge in [0.15, 0.2) is 0 Å². The Morgan fingerprint density at radius 1 is 1.29 bits per heavy atom. The van der Waals surface area contributed by atoms with Crippen LogP contribution in [0.5, 0.6) is 5.75 Å². The molecule has 0 amide bonds. The van der Waals surface area contributed by atoms with Crippen LogP contribution in [0, 0.1) is 6.92 Å². The van der Waals surface area contributed by atoms with Crippen LogP contribution in [-0.2, 0) is 22.6 Å². The summed E-state index contributed by atoms with van der Waals surface area (Å²) in [6, 6.07) is 0. The minimum Gasteiger partial charge on any atom is -0.496 e. The fourth-order valence-corrected chi connectivity index (χ4v) is 4.18. The highest BCUT2D eigenvalue weighted by molar-refractivity contribution is 6.01. The summed E-state index contributed by atoms with van der Waals surface area (Å²) in [7, 11) is 3.40. The van der Waals surface area contributed by atoms with E-state index in [0.717, 1.165) is 59.4 Å². The number of nitrogens with one attached hydrogen (secondary N) is 1. The number of carboxylic acid groups (broad SMARTS) is 1. The highest BCUT2D eigenvalue weighted by Crippen LogP contribution is 2.41. The number of carbonyl (C=O) groups is 2. The number of hydrogen-bond donors (Lipinski definition) is 2. The van der Waals surface area contributed by atoms with Gasteiger partial charge in [0.25, 0.3) is 0 Å². The molecule has 0 radical (unpaired) electrons. The van der Waals surface area contributed by atoms with E-state index in [4.69, 9.17) is 9.47 Å². The highest BCUT2D eigenvalue weighted by atomic mass is 16.5. The molecule has 28 heavy (non-hydrogen) atoms. The first-order chi connectivity index (χ1) is 13.5. The van der Waals surface area contributed by atoms with Gasteiger partial charge in [-0.2, -0.15) is 0 Å². The van der Waals surface area contributed by atoms with Crippen molar-refractivity contribution >= 4 is 17.6 Å². The Morgan fingerprint density at radius 2 is 2.04 bits per heavy atom. The number of fused-ring (bicyclic) bond motifs is 1. The lowest BCUT2D eigenvalue weighted by molar-refractivity contribution is -0.132. The number of hydrogen-bond acceptors (Lipinski definition) is 5. The van der Waals surface area contributed by atoms with E-state index in [0.29, 0.717) is 24.0 Å². The van der Waals surface area contributed by atoms with E-state index in [9.17, 15) is 14.7 Å². The lowest BCUT2D eigenvalue weighted by Crippen LogP contribution is -2.08. The fraction of sp³-hybridized carbons (Fsp3) is 0.455. The van der Waals surface area contributed by atoms with Crippen LogP contribution >= 0.6 is 0 Å². The maximum absolute atomic E-state index is 12.2. The van der Waals surface area contributed by atoms with Crippen molar-refractivity contribution in [3.63, 3.8) is 0 Å². The van der Waals surface area contributed by atoms with Gasteiger partial charge < -0.3 is 19.9 Å². The molecule has 1 aliphatic carbocycles. The van der Waals surface area contributed by atoms with Crippen LogP contribution in [0.1, 0.15) is 59.2 Å². The number of rotatable bonds is 6. The summed E-state index contributed by atoms with van der Waals surface area (Å²) in [6.45, 7) is 2.19. The number of ether oxygens (including phenoxy) is 2. The lowest BCUT2D eigenvalue weighted by Gasteiger charge is -2.18. The summed E-state index contributed by atoms with van der Waals surface area (Å²) in [6.07, 6.45) is 8.79. The zero-order valence-electron chi connectivity index (χ0n) is 16.7. The Kier molecular flexibility index (Phi) is 6.07. The molecule has 0 saturated carbocycles. The maximum atomic E-state index is 12.2. The smallest absolute Gasteiger partial charge is 0.341 e. The van der Waals surface area contributed by atoms with Gasteiger partial charge in [0, 0.05) is 23.7 Å². The van der Waals surface area contributed by atoms with Crippen LogP contribution in [0.15, 0.2) is 23.3 Å². The third-order valence-electron chi connectivity index (χ3n) is 5.59. The van der Waals surface area contributed by atoms with E-state index >= 15 is 0 Å². The summed E-state index contributed by atoms with van der Waals surface area (Å²) >= 11 is 0. The molecule has 1 heterocycles. The number of carboxylic acids is 1. The molecule has 2 N–H and O–H groups in total. The van der Waals surface area contributed by atoms with Gasteiger partial charge in [0.2, 0.25) is 0 Å². The van der Waals surface area contributed by atoms with E-state index < -0.39 is 5.97 Å². The number of esters is 1. The zero-order valence-corrected chi connectivity index (χ0v) is 16.7. The van der Waals surface area contributed by atoms with Crippen molar-refractivity contribution in [1.29, 1.82) is 0 Å². The molecule has 1 aromatic carbocycles. The highest BCUT2D eigenvalue weighted by Gasteiger charge is 2.31. The van der Waals surface area contributed by atoms with Crippen LogP contribution in [0.2, 0.25) is 0 Å². The standard InChI is InChI=1S/C22H27NO5/c1-13-17-12-28-22(26)18(17)19(23-2)16(20(13)27-3)11-7-9-14-8-5-4-6-10-15(14)21(24)25/h7,9,23H,4-6,8,10-12H2,1-3H3,(H,24,25)/b9-7+. The van der Waals surface area contributed by atoms with Crippen molar-refractivity contribution in [3.8, 4) is 5.75 Å². The van der Waals surface area contributed by atoms with Gasteiger partial charge in [-0.05, 0) is 50.2 Å². The number of cyclic esters (lactones) is 1. The molecule has 2 aliphatic rings. The van der Waals surface area contributed by atoms with E-state index in [2.05, 4.69) is 5.32 Å². The monoisotopic (exact) mass is 385 g/mol. The molecule has 0 atom stereocenters. The van der Waals surface area contributed by atoms with Gasteiger partial charge in [-0.1, -0.05) is 18.6 Å². The first-order valence-electron chi connectivity index (χ1n) is 9.68. The maximum Gasteiger partial charge on any atom is 0.341 e. The largest absolute Gasteiger partial charge is 0.496 e. The number of anilines is 1. The number of carbonyl (C=O) groups excluding carboxylic acids is 1. The van der Waals surface area contributed by atoms with Crippen LogP contribution in [0.3, 0.4) is 0 Å². The van der Waals surface area contributed by atoms with E-state index in [1.165, 1.54) is 0 Å². The SMILES string of the molecule is CNc1c(C/C=C/C2=C(C(=O)O)CCCCC2)c(OC)c(C)c2c1C(=O)OC2. The van der Waals surface area contributed by atoms with Crippen LogP contribution in [0.4, 0.5) is 5.69 Å². The quantitative estimate of drug-likeness (QED) is 0.715. The molecule has 6 nitrogen and oxygen atoms in total. The molecule has 0 spiro atoms. The lowest BCUT2D eigenvalue weighted by atomic mass is 9.93. The first kappa shape index (κ1) is 20.0. The zero-order chi connectivity index (χ0) is 20.3. The van der Waals surface area contributed by atoms with Gasteiger partial charge in [0.05, 0.1) is 18.4 Å². The summed E-state index contributed by atoms with van der Waals surface area (Å²) in [5, 5.41) is 12.6. The second kappa shape index (κ2) is 8.50. The van der Waals surface area contributed by atoms with E-state index in [-0.39, 0.29) is 12.6 Å². The van der Waals surface area contributed by atoms with Crippen molar-refractivity contribution in [2.75, 3.05) is 19.5 Å². The second-order valence-corrected chi connectivity index (χ2v) is 7.17. The minimum absolute atomic E-state index is 0.260. The predicted octanol–water partition coefficient (Wildman–Crippen LogP) is 4.16. The van der Waals surface area contributed by atoms with Crippen molar-refractivity contribution in [2.24, 2.45) is 0 Å². The number of benzene rings is 1. The molecule has 0 bridgehead atoms. The fourth-order valence-electron chi connectivity index (χ4n) is 4.18. The van der Waals surface area contributed by atoms with Crippen LogP contribution < -0.4 is 10.1 Å². The van der Waals surface area contributed by atoms with Gasteiger partial charge in [-0.3, -0.25) is 0 Å². The Labute approximate surface area is 165 Å². The van der Waals surface area contributed by atoms with Crippen molar-refractivity contribution in [3.05, 3.63) is 45.6 Å². The summed E-state index contributed by atoms with van der Waals surface area (Å²) in [5.74, 6) is -0.416. The molecule has 0 fully saturated rings. The molecule has 1 aromatic rings.